The molecule has 0 aliphatic heterocycles. The Morgan fingerprint density at radius 1 is 1.20 bits per heavy atom. The van der Waals surface area contributed by atoms with Crippen molar-refractivity contribution < 1.29 is 9.90 Å². The minimum Gasteiger partial charge on any atom is -0.478 e. The van der Waals surface area contributed by atoms with Gasteiger partial charge in [0.1, 0.15) is 0 Å². The van der Waals surface area contributed by atoms with Crippen molar-refractivity contribution in [1.82, 2.24) is 0 Å². The van der Waals surface area contributed by atoms with E-state index in [9.17, 15) is 4.79 Å². The number of carboxylic acid groups (broad SMARTS) is 1. The van der Waals surface area contributed by atoms with Gasteiger partial charge in [-0.2, -0.15) is 0 Å². The highest BCUT2D eigenvalue weighted by atomic mass is 79.9. The summed E-state index contributed by atoms with van der Waals surface area (Å²) in [5.74, 6) is -0.903. The molecule has 0 spiro atoms. The molecule has 2 aromatic carbocycles. The summed E-state index contributed by atoms with van der Waals surface area (Å²) in [6, 6.07) is 13.3. The Morgan fingerprint density at radius 2 is 1.90 bits per heavy atom. The smallest absolute Gasteiger partial charge is 0.336 e. The summed E-state index contributed by atoms with van der Waals surface area (Å²) >= 11 is 3.53. The minimum absolute atomic E-state index is 0.0771. The van der Waals surface area contributed by atoms with E-state index in [0.29, 0.717) is 5.56 Å². The van der Waals surface area contributed by atoms with E-state index in [4.69, 9.17) is 5.11 Å². The Hall–Kier alpha value is -1.81. The molecule has 4 heteroatoms. The molecule has 0 amide bonds. The Kier molecular flexibility index (Phi) is 4.45. The first-order valence-electron chi connectivity index (χ1n) is 6.34. The topological polar surface area (TPSA) is 49.3 Å². The highest BCUT2D eigenvalue weighted by Gasteiger charge is 2.13. The van der Waals surface area contributed by atoms with Crippen LogP contribution in [0.15, 0.2) is 46.9 Å². The number of benzene rings is 2. The number of anilines is 1. The Bertz CT molecular complexity index is 640. The average Bonchev–Trinajstić information content (AvgIpc) is 2.41. The summed E-state index contributed by atoms with van der Waals surface area (Å²) in [7, 11) is 0. The lowest BCUT2D eigenvalue weighted by molar-refractivity contribution is 0.0696. The van der Waals surface area contributed by atoms with Gasteiger partial charge >= 0.3 is 5.97 Å². The van der Waals surface area contributed by atoms with E-state index >= 15 is 0 Å². The number of hydrogen-bond acceptors (Lipinski definition) is 2. The molecule has 0 bridgehead atoms. The molecular formula is C16H16BrNO2. The molecule has 3 nitrogen and oxygen atoms in total. The Balaban J connectivity index is 2.29. The van der Waals surface area contributed by atoms with Gasteiger partial charge in [-0.05, 0) is 43.2 Å². The molecule has 0 saturated heterocycles. The predicted octanol–water partition coefficient (Wildman–Crippen LogP) is 4.63. The fourth-order valence-corrected chi connectivity index (χ4v) is 2.79. The van der Waals surface area contributed by atoms with Crippen molar-refractivity contribution in [3.8, 4) is 0 Å². The van der Waals surface area contributed by atoms with E-state index in [0.717, 1.165) is 21.3 Å². The van der Waals surface area contributed by atoms with Crippen LogP contribution in [0.2, 0.25) is 0 Å². The van der Waals surface area contributed by atoms with Crippen molar-refractivity contribution in [3.63, 3.8) is 0 Å². The standard InChI is InChI=1S/C16H16BrNO2/c1-10-12(16(19)20)7-5-9-15(10)18-11(2)13-6-3-4-8-14(13)17/h3-9,11,18H,1-2H3,(H,19,20). The normalized spacial score (nSPS) is 11.9. The number of halogens is 1. The zero-order chi connectivity index (χ0) is 14.7. The van der Waals surface area contributed by atoms with Crippen molar-refractivity contribution in [1.29, 1.82) is 0 Å². The van der Waals surface area contributed by atoms with Gasteiger partial charge < -0.3 is 10.4 Å². The van der Waals surface area contributed by atoms with E-state index in [2.05, 4.69) is 21.2 Å². The fourth-order valence-electron chi connectivity index (χ4n) is 2.16. The lowest BCUT2D eigenvalue weighted by Gasteiger charge is -2.19. The number of carbonyl (C=O) groups is 1. The summed E-state index contributed by atoms with van der Waals surface area (Å²) in [4.78, 5) is 11.1. The van der Waals surface area contributed by atoms with E-state index < -0.39 is 5.97 Å². The van der Waals surface area contributed by atoms with Crippen molar-refractivity contribution in [2.45, 2.75) is 19.9 Å². The van der Waals surface area contributed by atoms with Crippen LogP contribution < -0.4 is 5.32 Å². The summed E-state index contributed by atoms with van der Waals surface area (Å²) in [5.41, 5.74) is 3.05. The molecule has 1 unspecified atom stereocenters. The molecule has 0 radical (unpaired) electrons. The van der Waals surface area contributed by atoms with Crippen molar-refractivity contribution in [2.75, 3.05) is 5.32 Å². The lowest BCUT2D eigenvalue weighted by atomic mass is 10.0. The molecule has 2 N–H and O–H groups in total. The number of rotatable bonds is 4. The van der Waals surface area contributed by atoms with Gasteiger partial charge in [-0.15, -0.1) is 0 Å². The monoisotopic (exact) mass is 333 g/mol. The van der Waals surface area contributed by atoms with Crippen LogP contribution in [-0.4, -0.2) is 11.1 Å². The maximum atomic E-state index is 11.1. The third kappa shape index (κ3) is 3.02. The van der Waals surface area contributed by atoms with Crippen LogP contribution in [0.3, 0.4) is 0 Å². The van der Waals surface area contributed by atoms with E-state index in [1.807, 2.05) is 44.2 Å². The number of hydrogen-bond donors (Lipinski definition) is 2. The van der Waals surface area contributed by atoms with Crippen LogP contribution in [0.5, 0.6) is 0 Å². The van der Waals surface area contributed by atoms with Gasteiger partial charge in [0.25, 0.3) is 0 Å². The molecule has 0 aliphatic rings. The van der Waals surface area contributed by atoms with Crippen LogP contribution in [0.1, 0.15) is 34.5 Å². The Morgan fingerprint density at radius 3 is 2.55 bits per heavy atom. The van der Waals surface area contributed by atoms with Crippen LogP contribution in [0, 0.1) is 6.92 Å². The minimum atomic E-state index is -0.903. The molecule has 1 atom stereocenters. The molecule has 2 rings (SSSR count). The number of carboxylic acids is 1. The SMILES string of the molecule is Cc1c(NC(C)c2ccccc2Br)cccc1C(=O)O. The third-order valence-electron chi connectivity index (χ3n) is 3.31. The summed E-state index contributed by atoms with van der Waals surface area (Å²) < 4.78 is 1.03. The molecule has 0 saturated carbocycles. The largest absolute Gasteiger partial charge is 0.478 e. The van der Waals surface area contributed by atoms with Gasteiger partial charge in [-0.25, -0.2) is 4.79 Å². The van der Waals surface area contributed by atoms with E-state index in [1.165, 1.54) is 0 Å². The van der Waals surface area contributed by atoms with Gasteiger partial charge in [-0.3, -0.25) is 0 Å². The Labute approximate surface area is 126 Å². The van der Waals surface area contributed by atoms with Gasteiger partial charge in [-0.1, -0.05) is 40.2 Å². The zero-order valence-electron chi connectivity index (χ0n) is 11.4. The second kappa shape index (κ2) is 6.09. The lowest BCUT2D eigenvalue weighted by Crippen LogP contribution is -2.10. The number of aromatic carboxylic acids is 1. The maximum absolute atomic E-state index is 11.1. The second-order valence-electron chi connectivity index (χ2n) is 4.67. The molecule has 2 aromatic rings. The fraction of sp³-hybridized carbons (Fsp3) is 0.188. The van der Waals surface area contributed by atoms with Gasteiger partial charge in [0.2, 0.25) is 0 Å². The van der Waals surface area contributed by atoms with Gasteiger partial charge in [0, 0.05) is 16.2 Å². The van der Waals surface area contributed by atoms with Crippen molar-refractivity contribution in [2.24, 2.45) is 0 Å². The molecule has 104 valence electrons. The summed E-state index contributed by atoms with van der Waals surface area (Å²) in [5, 5.41) is 12.5. The molecular weight excluding hydrogens is 318 g/mol. The van der Waals surface area contributed by atoms with Crippen LogP contribution in [0.25, 0.3) is 0 Å². The third-order valence-corrected chi connectivity index (χ3v) is 4.03. The first-order chi connectivity index (χ1) is 9.50. The van der Waals surface area contributed by atoms with Gasteiger partial charge in [0.15, 0.2) is 0 Å². The highest BCUT2D eigenvalue weighted by Crippen LogP contribution is 2.28. The maximum Gasteiger partial charge on any atom is 0.336 e. The molecule has 0 fully saturated rings. The quantitative estimate of drug-likeness (QED) is 0.857. The second-order valence-corrected chi connectivity index (χ2v) is 5.53. The number of nitrogens with one attached hydrogen (secondary N) is 1. The molecule has 0 aliphatic carbocycles. The highest BCUT2D eigenvalue weighted by molar-refractivity contribution is 9.10. The van der Waals surface area contributed by atoms with Crippen LogP contribution in [-0.2, 0) is 0 Å². The zero-order valence-corrected chi connectivity index (χ0v) is 12.9. The summed E-state index contributed by atoms with van der Waals surface area (Å²) in [6.07, 6.45) is 0. The average molecular weight is 334 g/mol. The molecule has 0 aromatic heterocycles. The summed E-state index contributed by atoms with van der Waals surface area (Å²) in [6.45, 7) is 3.87. The predicted molar refractivity (Wildman–Crippen MR) is 84.3 cm³/mol. The molecule has 20 heavy (non-hydrogen) atoms. The van der Waals surface area contributed by atoms with Crippen LogP contribution in [0.4, 0.5) is 5.69 Å². The van der Waals surface area contributed by atoms with Crippen LogP contribution >= 0.6 is 15.9 Å². The molecule has 0 heterocycles. The van der Waals surface area contributed by atoms with E-state index in [-0.39, 0.29) is 6.04 Å². The van der Waals surface area contributed by atoms with Crippen molar-refractivity contribution >= 4 is 27.6 Å². The first kappa shape index (κ1) is 14.6. The van der Waals surface area contributed by atoms with E-state index in [1.54, 1.807) is 12.1 Å². The first-order valence-corrected chi connectivity index (χ1v) is 7.14. The van der Waals surface area contributed by atoms with Gasteiger partial charge in [0.05, 0.1) is 5.56 Å². The van der Waals surface area contributed by atoms with Crippen molar-refractivity contribution in [3.05, 3.63) is 63.6 Å².